The number of hydrogen-bond donors (Lipinski definition) is 1. The van der Waals surface area contributed by atoms with Crippen LogP contribution >= 0.6 is 0 Å². The molecule has 0 atom stereocenters. The fourth-order valence-electron chi connectivity index (χ4n) is 2.13. The molecule has 1 aliphatic heterocycles. The van der Waals surface area contributed by atoms with Crippen molar-refractivity contribution in [3.8, 4) is 11.8 Å². The zero-order valence-corrected chi connectivity index (χ0v) is 10.4. The fourth-order valence-corrected chi connectivity index (χ4v) is 2.13. The quantitative estimate of drug-likeness (QED) is 0.727. The van der Waals surface area contributed by atoms with Gasteiger partial charge in [0.1, 0.15) is 5.82 Å². The Morgan fingerprint density at radius 1 is 1.16 bits per heavy atom. The van der Waals surface area contributed by atoms with Crippen LogP contribution in [0.2, 0.25) is 0 Å². The number of nitrogens with zero attached hydrogens (tertiary/aromatic N) is 1. The van der Waals surface area contributed by atoms with E-state index in [9.17, 15) is 4.39 Å². The molecule has 1 aromatic heterocycles. The van der Waals surface area contributed by atoms with Gasteiger partial charge >= 0.3 is 0 Å². The number of benzene rings is 1. The van der Waals surface area contributed by atoms with E-state index in [0.29, 0.717) is 5.56 Å². The molecule has 2 heterocycles. The molecule has 0 radical (unpaired) electrons. The molecule has 0 saturated heterocycles. The average molecular weight is 252 g/mol. The van der Waals surface area contributed by atoms with Crippen LogP contribution in [0.3, 0.4) is 0 Å². The second kappa shape index (κ2) is 5.21. The number of aromatic nitrogens is 1. The van der Waals surface area contributed by atoms with Crippen LogP contribution in [0.25, 0.3) is 0 Å². The Kier molecular flexibility index (Phi) is 3.26. The Morgan fingerprint density at radius 3 is 2.95 bits per heavy atom. The van der Waals surface area contributed by atoms with Gasteiger partial charge in [-0.1, -0.05) is 17.9 Å². The molecule has 1 aliphatic rings. The minimum atomic E-state index is -0.264. The molecule has 1 N–H and O–H groups in total. The average Bonchev–Trinajstić information content (AvgIpc) is 2.45. The topological polar surface area (TPSA) is 24.9 Å². The Morgan fingerprint density at radius 2 is 2.05 bits per heavy atom. The maximum absolute atomic E-state index is 13.0. The first-order valence-corrected chi connectivity index (χ1v) is 6.27. The number of hydrogen-bond acceptors (Lipinski definition) is 2. The van der Waals surface area contributed by atoms with Crippen LogP contribution < -0.4 is 5.32 Å². The van der Waals surface area contributed by atoms with Crippen LogP contribution in [0.1, 0.15) is 22.4 Å². The summed E-state index contributed by atoms with van der Waals surface area (Å²) in [6, 6.07) is 8.36. The Bertz CT molecular complexity index is 668. The number of pyridine rings is 1. The standard InChI is InChI=1S/C16H13FN2/c17-15-3-1-2-12(9-15)4-5-13-8-14-11-18-7-6-16(14)19-10-13/h1-3,8-10,18H,6-7,11H2. The van der Waals surface area contributed by atoms with Gasteiger partial charge in [0, 0.05) is 42.5 Å². The van der Waals surface area contributed by atoms with Crippen LogP contribution in [0, 0.1) is 17.7 Å². The molecule has 2 aromatic rings. The van der Waals surface area contributed by atoms with Crippen LogP contribution in [0.5, 0.6) is 0 Å². The third-order valence-corrected chi connectivity index (χ3v) is 3.09. The van der Waals surface area contributed by atoms with E-state index in [-0.39, 0.29) is 5.82 Å². The predicted molar refractivity (Wildman–Crippen MR) is 72.0 cm³/mol. The van der Waals surface area contributed by atoms with Crippen molar-refractivity contribution >= 4 is 0 Å². The summed E-state index contributed by atoms with van der Waals surface area (Å²) in [4.78, 5) is 4.43. The molecule has 2 nitrogen and oxygen atoms in total. The maximum Gasteiger partial charge on any atom is 0.124 e. The summed E-state index contributed by atoms with van der Waals surface area (Å²) >= 11 is 0. The van der Waals surface area contributed by atoms with Gasteiger partial charge in [0.25, 0.3) is 0 Å². The van der Waals surface area contributed by atoms with E-state index in [1.54, 1.807) is 18.3 Å². The lowest BCUT2D eigenvalue weighted by molar-refractivity contribution is 0.627. The number of rotatable bonds is 0. The summed E-state index contributed by atoms with van der Waals surface area (Å²) in [6.45, 7) is 1.83. The predicted octanol–water partition coefficient (Wildman–Crippen LogP) is 2.27. The lowest BCUT2D eigenvalue weighted by Crippen LogP contribution is -2.24. The van der Waals surface area contributed by atoms with E-state index in [2.05, 4.69) is 28.2 Å². The number of nitrogens with one attached hydrogen (secondary N) is 1. The first-order chi connectivity index (χ1) is 9.31. The first kappa shape index (κ1) is 11.9. The summed E-state index contributed by atoms with van der Waals surface area (Å²) in [6.07, 6.45) is 2.75. The molecule has 0 spiro atoms. The molecule has 0 unspecified atom stereocenters. The molecule has 0 bridgehead atoms. The molecule has 3 heteroatoms. The van der Waals surface area contributed by atoms with Crippen LogP contribution in [0.4, 0.5) is 4.39 Å². The fraction of sp³-hybridized carbons (Fsp3) is 0.188. The lowest BCUT2D eigenvalue weighted by atomic mass is 10.1. The van der Waals surface area contributed by atoms with E-state index in [0.717, 1.165) is 30.8 Å². The molecule has 0 aliphatic carbocycles. The summed E-state index contributed by atoms with van der Waals surface area (Å²) in [5.74, 6) is 5.73. The summed E-state index contributed by atoms with van der Waals surface area (Å²) in [5, 5.41) is 3.31. The van der Waals surface area contributed by atoms with Crippen molar-refractivity contribution in [1.29, 1.82) is 0 Å². The normalized spacial score (nSPS) is 13.3. The second-order valence-electron chi connectivity index (χ2n) is 4.52. The van der Waals surface area contributed by atoms with Crippen molar-refractivity contribution in [1.82, 2.24) is 10.3 Å². The van der Waals surface area contributed by atoms with Gasteiger partial charge in [0.15, 0.2) is 0 Å². The first-order valence-electron chi connectivity index (χ1n) is 6.27. The second-order valence-corrected chi connectivity index (χ2v) is 4.52. The summed E-state index contributed by atoms with van der Waals surface area (Å²) in [7, 11) is 0. The summed E-state index contributed by atoms with van der Waals surface area (Å²) < 4.78 is 13.0. The maximum atomic E-state index is 13.0. The SMILES string of the molecule is Fc1cccc(C#Cc2cnc3c(c2)CNCC3)c1. The van der Waals surface area contributed by atoms with E-state index in [1.165, 1.54) is 17.7 Å². The van der Waals surface area contributed by atoms with Crippen LogP contribution in [-0.4, -0.2) is 11.5 Å². The van der Waals surface area contributed by atoms with Gasteiger partial charge in [-0.15, -0.1) is 0 Å². The third-order valence-electron chi connectivity index (χ3n) is 3.09. The monoisotopic (exact) mass is 252 g/mol. The molecule has 94 valence electrons. The van der Waals surface area contributed by atoms with E-state index in [1.807, 2.05) is 0 Å². The van der Waals surface area contributed by atoms with Gasteiger partial charge in [-0.2, -0.15) is 0 Å². The molecular formula is C16H13FN2. The van der Waals surface area contributed by atoms with Crippen molar-refractivity contribution in [2.75, 3.05) is 6.54 Å². The highest BCUT2D eigenvalue weighted by Crippen LogP contribution is 2.12. The smallest absolute Gasteiger partial charge is 0.124 e. The third kappa shape index (κ3) is 2.81. The molecule has 1 aromatic carbocycles. The van der Waals surface area contributed by atoms with Crippen LogP contribution in [-0.2, 0) is 13.0 Å². The Labute approximate surface area is 111 Å². The van der Waals surface area contributed by atoms with E-state index < -0.39 is 0 Å². The molecule has 3 rings (SSSR count). The number of halogens is 1. The Balaban J connectivity index is 1.88. The zero-order valence-electron chi connectivity index (χ0n) is 10.4. The van der Waals surface area contributed by atoms with Crippen molar-refractivity contribution in [2.24, 2.45) is 0 Å². The molecular weight excluding hydrogens is 239 g/mol. The number of fused-ring (bicyclic) bond motifs is 1. The van der Waals surface area contributed by atoms with Crippen LogP contribution in [0.15, 0.2) is 36.5 Å². The largest absolute Gasteiger partial charge is 0.312 e. The van der Waals surface area contributed by atoms with E-state index in [4.69, 9.17) is 0 Å². The highest BCUT2D eigenvalue weighted by Gasteiger charge is 2.09. The minimum Gasteiger partial charge on any atom is -0.312 e. The van der Waals surface area contributed by atoms with E-state index >= 15 is 0 Å². The van der Waals surface area contributed by atoms with Gasteiger partial charge in [0.2, 0.25) is 0 Å². The highest BCUT2D eigenvalue weighted by atomic mass is 19.1. The van der Waals surface area contributed by atoms with Gasteiger partial charge in [-0.05, 0) is 29.8 Å². The van der Waals surface area contributed by atoms with Crippen molar-refractivity contribution < 1.29 is 4.39 Å². The highest BCUT2D eigenvalue weighted by molar-refractivity contribution is 5.43. The molecule has 0 saturated carbocycles. The van der Waals surface area contributed by atoms with Gasteiger partial charge in [-0.25, -0.2) is 4.39 Å². The van der Waals surface area contributed by atoms with Crippen molar-refractivity contribution in [2.45, 2.75) is 13.0 Å². The van der Waals surface area contributed by atoms with Gasteiger partial charge in [0.05, 0.1) is 0 Å². The lowest BCUT2D eigenvalue weighted by Gasteiger charge is -2.15. The molecule has 0 fully saturated rings. The summed E-state index contributed by atoms with van der Waals surface area (Å²) in [5.41, 5.74) is 3.90. The zero-order chi connectivity index (χ0) is 13.1. The van der Waals surface area contributed by atoms with Crippen molar-refractivity contribution in [3.05, 3.63) is 64.7 Å². The Hall–Kier alpha value is -2.18. The van der Waals surface area contributed by atoms with Crippen molar-refractivity contribution in [3.63, 3.8) is 0 Å². The molecule has 19 heavy (non-hydrogen) atoms. The molecule has 0 amide bonds. The minimum absolute atomic E-state index is 0.264. The van der Waals surface area contributed by atoms with Gasteiger partial charge in [-0.3, -0.25) is 4.98 Å². The van der Waals surface area contributed by atoms with Gasteiger partial charge < -0.3 is 5.32 Å².